The summed E-state index contributed by atoms with van der Waals surface area (Å²) in [5.41, 5.74) is 10.4. The smallest absolute Gasteiger partial charge is 0.344 e. The summed E-state index contributed by atoms with van der Waals surface area (Å²) in [5, 5.41) is 37.7. The number of halogens is 5. The number of carboxylic acid groups (broad SMARTS) is 4. The lowest BCUT2D eigenvalue weighted by molar-refractivity contribution is -0.145. The predicted octanol–water partition coefficient (Wildman–Crippen LogP) is 13.3. The molecule has 2 aromatic heterocycles. The fourth-order valence-corrected chi connectivity index (χ4v) is 7.85. The van der Waals surface area contributed by atoms with E-state index in [4.69, 9.17) is 103 Å². The quantitative estimate of drug-likeness (QED) is 0.0760. The molecule has 0 saturated heterocycles. The normalized spacial score (nSPS) is 12.4. The van der Waals surface area contributed by atoms with Gasteiger partial charge in [0.15, 0.2) is 18.3 Å². The van der Waals surface area contributed by atoms with Crippen LogP contribution in [-0.2, 0) is 14.4 Å². The van der Waals surface area contributed by atoms with Gasteiger partial charge in [0.05, 0.1) is 27.8 Å². The van der Waals surface area contributed by atoms with Crippen molar-refractivity contribution in [1.82, 2.24) is 15.0 Å². The molecule has 0 bridgehead atoms. The van der Waals surface area contributed by atoms with Gasteiger partial charge in [-0.1, -0.05) is 88.3 Å². The predicted molar refractivity (Wildman–Crippen MR) is 307 cm³/mol. The first-order valence-corrected chi connectivity index (χ1v) is 25.7. The molecule has 1 aliphatic carbocycles. The molecule has 6 N–H and O–H groups in total. The topological polar surface area (TPSA) is 285 Å². The number of hydrogen-bond acceptors (Lipinski definition) is 14. The zero-order valence-electron chi connectivity index (χ0n) is 43.6. The van der Waals surface area contributed by atoms with Crippen LogP contribution in [0.4, 0.5) is 0 Å². The number of benzene rings is 6. The molecular weight excluding hydrogens is 1150 g/mol. The molecule has 3 atom stereocenters. The molecule has 0 fully saturated rings. The van der Waals surface area contributed by atoms with E-state index in [1.165, 1.54) is 27.0 Å². The van der Waals surface area contributed by atoms with Gasteiger partial charge in [0.25, 0.3) is 0 Å². The standard InChI is InChI=1S/C17H13ClN2O4.C11H8ClNO2.C10H6ClNO2.2C10H11ClO3/c1-10(17(21)22)23-12-3-5-13(6-4-12)24-16-9-19-15-8-11(18)2-7-14(15)20-16;1-6-4-7-2-3-8(12)9(11(14)15)10(7)13-5-6;11-7-8(12)10(14)6-4-2-1-3-5(6)9(7)13;2*1-6-5-8(11)3-4-9(6)14-7(2)10(12)13/h2-10H,1H3,(H,21,22);2-5H,1H3,(H,14,15);1-4H,12H2;2*3-5,7H,1-2H3,(H,12,13)/t;;;7-;/m...1./s1. The van der Waals surface area contributed by atoms with Crippen LogP contribution in [0.2, 0.25) is 20.1 Å². The average Bonchev–Trinajstić information content (AvgIpc) is 3.45. The van der Waals surface area contributed by atoms with Crippen molar-refractivity contribution in [2.75, 3.05) is 0 Å². The van der Waals surface area contributed by atoms with Gasteiger partial charge < -0.3 is 45.1 Å². The molecule has 420 valence electrons. The van der Waals surface area contributed by atoms with E-state index in [1.54, 1.807) is 121 Å². The number of rotatable bonds is 12. The number of nitrogens with two attached hydrogens (primary N) is 1. The van der Waals surface area contributed by atoms with E-state index in [0.29, 0.717) is 71.6 Å². The Morgan fingerprint density at radius 1 is 0.543 bits per heavy atom. The SMILES string of the molecule is CC(Oc1ccc(Oc2cnc3cc(Cl)ccc3n2)cc1)C(=O)O.Cc1cc(Cl)ccc1OC(C)C(=O)O.Cc1cc(Cl)ccc1O[C@H](C)C(=O)O.Cc1cnc2c(C(=O)O)c(Cl)ccc2c1.NC1=C(Cl)C(=O)c2ccccc2C1=O. The minimum Gasteiger partial charge on any atom is -0.479 e. The Hall–Kier alpha value is -8.52. The third kappa shape index (κ3) is 18.0. The maximum Gasteiger partial charge on any atom is 0.344 e. The summed E-state index contributed by atoms with van der Waals surface area (Å²) in [5.74, 6) is -2.41. The summed E-state index contributed by atoms with van der Waals surface area (Å²) in [7, 11) is 0. The molecule has 0 amide bonds. The third-order valence-electron chi connectivity index (χ3n) is 11.0. The van der Waals surface area contributed by atoms with E-state index in [-0.39, 0.29) is 32.9 Å². The van der Waals surface area contributed by atoms with Gasteiger partial charge in [-0.2, -0.15) is 0 Å². The Kier molecular flexibility index (Phi) is 22.7. The maximum atomic E-state index is 11.6. The number of aromatic nitrogens is 3. The lowest BCUT2D eigenvalue weighted by Crippen LogP contribution is -2.24. The van der Waals surface area contributed by atoms with Crippen LogP contribution in [0.3, 0.4) is 0 Å². The highest BCUT2D eigenvalue weighted by molar-refractivity contribution is 6.49. The van der Waals surface area contributed by atoms with Gasteiger partial charge in [0.1, 0.15) is 39.3 Å². The van der Waals surface area contributed by atoms with Crippen LogP contribution >= 0.6 is 58.0 Å². The minimum absolute atomic E-state index is 0.0640. The average molecular weight is 1200 g/mol. The molecule has 81 heavy (non-hydrogen) atoms. The second-order valence-corrected chi connectivity index (χ2v) is 19.4. The molecule has 9 rings (SSSR count). The first-order chi connectivity index (χ1) is 38.2. The van der Waals surface area contributed by atoms with Crippen molar-refractivity contribution in [1.29, 1.82) is 0 Å². The third-order valence-corrected chi connectivity index (χ3v) is 12.4. The number of nitrogens with zero attached hydrogens (tertiary/aromatic N) is 3. The molecular formula is C58H49Cl5N4O14. The number of aromatic carboxylic acids is 1. The van der Waals surface area contributed by atoms with Crippen LogP contribution in [0.1, 0.15) is 68.5 Å². The number of ketones is 2. The first-order valence-electron chi connectivity index (χ1n) is 23.8. The maximum absolute atomic E-state index is 11.6. The number of hydrogen-bond donors (Lipinski definition) is 5. The Morgan fingerprint density at radius 3 is 1.56 bits per heavy atom. The van der Waals surface area contributed by atoms with Crippen molar-refractivity contribution >= 4 is 115 Å². The van der Waals surface area contributed by atoms with E-state index in [9.17, 15) is 28.8 Å². The van der Waals surface area contributed by atoms with Crippen LogP contribution in [0.5, 0.6) is 28.9 Å². The molecule has 1 aliphatic rings. The summed E-state index contributed by atoms with van der Waals surface area (Å²) in [4.78, 5) is 78.6. The van der Waals surface area contributed by atoms with Crippen LogP contribution < -0.4 is 24.7 Å². The number of aryl methyl sites for hydroxylation is 3. The van der Waals surface area contributed by atoms with Crippen LogP contribution in [0, 0.1) is 20.8 Å². The number of aliphatic carboxylic acids is 3. The van der Waals surface area contributed by atoms with Gasteiger partial charge in [-0.15, -0.1) is 0 Å². The molecule has 0 saturated carbocycles. The number of Topliss-reactive ketones (excluding diaryl/α,β-unsaturated/α-hetero) is 2. The molecule has 0 aliphatic heterocycles. The largest absolute Gasteiger partial charge is 0.479 e. The summed E-state index contributed by atoms with van der Waals surface area (Å²) in [6, 6.07) is 33.6. The van der Waals surface area contributed by atoms with Crippen molar-refractivity contribution < 1.29 is 68.1 Å². The van der Waals surface area contributed by atoms with Gasteiger partial charge in [0.2, 0.25) is 17.4 Å². The highest BCUT2D eigenvalue weighted by Crippen LogP contribution is 2.29. The van der Waals surface area contributed by atoms with E-state index < -0.39 is 42.2 Å². The molecule has 23 heteroatoms. The summed E-state index contributed by atoms with van der Waals surface area (Å²) in [6.07, 6.45) is 0.514. The zero-order valence-corrected chi connectivity index (χ0v) is 47.4. The van der Waals surface area contributed by atoms with Crippen LogP contribution in [-0.4, -0.2) is 89.1 Å². The molecule has 2 unspecified atom stereocenters. The summed E-state index contributed by atoms with van der Waals surface area (Å²) >= 11 is 28.8. The van der Waals surface area contributed by atoms with E-state index >= 15 is 0 Å². The fraction of sp³-hybridized carbons (Fsp3) is 0.155. The second-order valence-electron chi connectivity index (χ2n) is 17.3. The van der Waals surface area contributed by atoms with Crippen molar-refractivity contribution in [3.05, 3.63) is 198 Å². The van der Waals surface area contributed by atoms with Crippen molar-refractivity contribution in [3.8, 4) is 28.9 Å². The lowest BCUT2D eigenvalue weighted by Gasteiger charge is -2.13. The fourth-order valence-electron chi connectivity index (χ4n) is 6.80. The van der Waals surface area contributed by atoms with Crippen molar-refractivity contribution in [2.24, 2.45) is 5.73 Å². The summed E-state index contributed by atoms with van der Waals surface area (Å²) < 4.78 is 21.3. The number of carbonyl (C=O) groups is 6. The number of ether oxygens (including phenoxy) is 4. The highest BCUT2D eigenvalue weighted by atomic mass is 35.5. The van der Waals surface area contributed by atoms with Crippen molar-refractivity contribution in [2.45, 2.75) is 59.9 Å². The number of carbonyl (C=O) groups excluding carboxylic acids is 2. The molecule has 0 spiro atoms. The van der Waals surface area contributed by atoms with Gasteiger partial charge in [-0.05, 0) is 149 Å². The van der Waals surface area contributed by atoms with Crippen LogP contribution in [0.15, 0.2) is 144 Å². The minimum atomic E-state index is -1.05. The van der Waals surface area contributed by atoms with Crippen molar-refractivity contribution in [3.63, 3.8) is 0 Å². The highest BCUT2D eigenvalue weighted by Gasteiger charge is 2.29. The molecule has 6 aromatic carbocycles. The van der Waals surface area contributed by atoms with Gasteiger partial charge >= 0.3 is 23.9 Å². The number of allylic oxidation sites excluding steroid dienone is 2. The molecule has 8 aromatic rings. The second kappa shape index (κ2) is 29.1. The summed E-state index contributed by atoms with van der Waals surface area (Å²) in [6.45, 7) is 9.96. The van der Waals surface area contributed by atoms with Gasteiger partial charge in [0, 0.05) is 37.8 Å². The van der Waals surface area contributed by atoms with E-state index in [2.05, 4.69) is 15.0 Å². The van der Waals surface area contributed by atoms with Gasteiger partial charge in [-0.3, -0.25) is 14.6 Å². The molecule has 2 heterocycles. The Morgan fingerprint density at radius 2 is 1.04 bits per heavy atom. The Balaban J connectivity index is 0.000000190. The van der Waals surface area contributed by atoms with E-state index in [0.717, 1.165) is 22.1 Å². The number of carboxylic acids is 4. The molecule has 18 nitrogen and oxygen atoms in total. The number of fused-ring (bicyclic) bond motifs is 3. The monoisotopic (exact) mass is 1200 g/mol. The van der Waals surface area contributed by atoms with Crippen LogP contribution in [0.25, 0.3) is 21.9 Å². The van der Waals surface area contributed by atoms with E-state index in [1.807, 2.05) is 26.8 Å². The Bertz CT molecular complexity index is 3580. The first kappa shape index (κ1) is 63.3. The Labute approximate surface area is 488 Å². The zero-order chi connectivity index (χ0) is 59.8. The lowest BCUT2D eigenvalue weighted by atomic mass is 9.93. The van der Waals surface area contributed by atoms with Gasteiger partial charge in [-0.25, -0.2) is 29.1 Å². The molecule has 0 radical (unpaired) electrons. The number of pyridine rings is 1.